The van der Waals surface area contributed by atoms with Gasteiger partial charge in [0.2, 0.25) is 0 Å². The fourth-order valence-corrected chi connectivity index (χ4v) is 3.10. The molecule has 1 rings (SSSR count). The van der Waals surface area contributed by atoms with Crippen molar-refractivity contribution in [3.63, 3.8) is 0 Å². The van der Waals surface area contributed by atoms with Gasteiger partial charge in [-0.2, -0.15) is 16.7 Å². The van der Waals surface area contributed by atoms with Crippen LogP contribution < -0.4 is 5.56 Å². The number of thioether (sulfide) groups is 2. The van der Waals surface area contributed by atoms with Crippen molar-refractivity contribution >= 4 is 29.5 Å². The van der Waals surface area contributed by atoms with Crippen LogP contribution in [0, 0.1) is 0 Å². The highest BCUT2D eigenvalue weighted by Crippen LogP contribution is 2.21. The lowest BCUT2D eigenvalue weighted by Crippen LogP contribution is -2.17. The van der Waals surface area contributed by atoms with Crippen LogP contribution >= 0.6 is 23.5 Å². The van der Waals surface area contributed by atoms with Gasteiger partial charge in [0.15, 0.2) is 5.16 Å². The Morgan fingerprint density at radius 2 is 2.32 bits per heavy atom. The minimum atomic E-state index is -0.913. The second-order valence-electron chi connectivity index (χ2n) is 3.97. The van der Waals surface area contributed by atoms with Crippen LogP contribution in [0.25, 0.3) is 0 Å². The highest BCUT2D eigenvalue weighted by Gasteiger charge is 2.11. The summed E-state index contributed by atoms with van der Waals surface area (Å²) in [6.07, 6.45) is 2.66. The molecule has 1 aromatic heterocycles. The van der Waals surface area contributed by atoms with Crippen molar-refractivity contribution in [2.24, 2.45) is 0 Å². The molecular formula is C12H18N2O3S2. The standard InChI is InChI=1S/C12H18N2O3S2/c1-3-18-7-5-9(2)14-6-4-10(15)13-12(14)19-8-11(16)17/h4,6,9H,3,5,7-8H2,1-2H3,(H,16,17). The third-order valence-electron chi connectivity index (χ3n) is 2.49. The third-order valence-corrected chi connectivity index (χ3v) is 4.37. The molecule has 0 saturated carbocycles. The predicted molar refractivity (Wildman–Crippen MR) is 79.2 cm³/mol. The molecular weight excluding hydrogens is 284 g/mol. The van der Waals surface area contributed by atoms with Crippen LogP contribution in [-0.2, 0) is 4.79 Å². The van der Waals surface area contributed by atoms with Crippen LogP contribution in [-0.4, -0.2) is 37.9 Å². The molecule has 19 heavy (non-hydrogen) atoms. The van der Waals surface area contributed by atoms with Crippen molar-refractivity contribution in [2.45, 2.75) is 31.5 Å². The molecule has 1 unspecified atom stereocenters. The van der Waals surface area contributed by atoms with Crippen molar-refractivity contribution in [3.8, 4) is 0 Å². The van der Waals surface area contributed by atoms with Crippen molar-refractivity contribution in [3.05, 3.63) is 22.6 Å². The molecule has 0 saturated heterocycles. The first-order valence-corrected chi connectivity index (χ1v) is 8.20. The lowest BCUT2D eigenvalue weighted by Gasteiger charge is -2.18. The van der Waals surface area contributed by atoms with Gasteiger partial charge in [-0.1, -0.05) is 18.7 Å². The highest BCUT2D eigenvalue weighted by atomic mass is 32.2. The molecule has 0 bridgehead atoms. The lowest BCUT2D eigenvalue weighted by atomic mass is 10.2. The summed E-state index contributed by atoms with van der Waals surface area (Å²) in [5, 5.41) is 9.18. The molecule has 0 aliphatic carbocycles. The Labute approximate surface area is 120 Å². The second kappa shape index (κ2) is 8.27. The molecule has 0 radical (unpaired) electrons. The smallest absolute Gasteiger partial charge is 0.313 e. The van der Waals surface area contributed by atoms with Gasteiger partial charge >= 0.3 is 5.97 Å². The number of carboxylic acid groups (broad SMARTS) is 1. The van der Waals surface area contributed by atoms with Crippen LogP contribution in [0.15, 0.2) is 22.2 Å². The van der Waals surface area contributed by atoms with Crippen molar-refractivity contribution in [1.82, 2.24) is 9.55 Å². The minimum absolute atomic E-state index is 0.0904. The van der Waals surface area contributed by atoms with E-state index in [-0.39, 0.29) is 17.4 Å². The van der Waals surface area contributed by atoms with Crippen LogP contribution in [0.4, 0.5) is 0 Å². The van der Waals surface area contributed by atoms with E-state index in [1.54, 1.807) is 6.20 Å². The zero-order chi connectivity index (χ0) is 14.3. The fourth-order valence-electron chi connectivity index (χ4n) is 1.50. The maximum atomic E-state index is 11.3. The first-order chi connectivity index (χ1) is 9.04. The summed E-state index contributed by atoms with van der Waals surface area (Å²) in [4.78, 5) is 25.8. The largest absolute Gasteiger partial charge is 0.481 e. The van der Waals surface area contributed by atoms with Crippen LogP contribution in [0.3, 0.4) is 0 Å². The third kappa shape index (κ3) is 5.69. The van der Waals surface area contributed by atoms with Gasteiger partial charge in [-0.25, -0.2) is 0 Å². The zero-order valence-corrected chi connectivity index (χ0v) is 12.7. The van der Waals surface area contributed by atoms with E-state index in [0.717, 1.165) is 29.7 Å². The number of hydrogen-bond donors (Lipinski definition) is 1. The molecule has 1 N–H and O–H groups in total. The van der Waals surface area contributed by atoms with Gasteiger partial charge in [0.05, 0.1) is 5.75 Å². The molecule has 0 aliphatic heterocycles. The second-order valence-corrected chi connectivity index (χ2v) is 6.31. The maximum absolute atomic E-state index is 11.3. The molecule has 1 heterocycles. The molecule has 0 amide bonds. The number of aromatic nitrogens is 2. The minimum Gasteiger partial charge on any atom is -0.481 e. The van der Waals surface area contributed by atoms with E-state index < -0.39 is 5.97 Å². The summed E-state index contributed by atoms with van der Waals surface area (Å²) in [6, 6.07) is 1.61. The summed E-state index contributed by atoms with van der Waals surface area (Å²) in [5.74, 6) is 1.11. The Kier molecular flexibility index (Phi) is 7.01. The number of carboxylic acids is 1. The number of carbonyl (C=O) groups is 1. The van der Waals surface area contributed by atoms with E-state index in [2.05, 4.69) is 11.9 Å². The Morgan fingerprint density at radius 3 is 2.95 bits per heavy atom. The summed E-state index contributed by atoms with van der Waals surface area (Å²) >= 11 is 2.94. The number of nitrogens with zero attached hydrogens (tertiary/aromatic N) is 2. The zero-order valence-electron chi connectivity index (χ0n) is 11.0. The van der Waals surface area contributed by atoms with Crippen LogP contribution in [0.1, 0.15) is 26.3 Å². The van der Waals surface area contributed by atoms with Gasteiger partial charge in [-0.15, -0.1) is 0 Å². The van der Waals surface area contributed by atoms with Gasteiger partial charge in [0, 0.05) is 18.3 Å². The molecule has 0 fully saturated rings. The maximum Gasteiger partial charge on any atom is 0.313 e. The van der Waals surface area contributed by atoms with Gasteiger partial charge in [0.25, 0.3) is 5.56 Å². The molecule has 7 heteroatoms. The summed E-state index contributed by atoms with van der Waals surface area (Å²) in [5.41, 5.74) is -0.334. The molecule has 0 spiro atoms. The molecule has 1 aromatic rings. The van der Waals surface area contributed by atoms with E-state index in [9.17, 15) is 9.59 Å². The van der Waals surface area contributed by atoms with E-state index in [1.165, 1.54) is 6.07 Å². The first kappa shape index (κ1) is 16.1. The van der Waals surface area contributed by atoms with Gasteiger partial charge in [-0.05, 0) is 24.9 Å². The Balaban J connectivity index is 2.79. The van der Waals surface area contributed by atoms with Crippen molar-refractivity contribution in [2.75, 3.05) is 17.3 Å². The number of hydrogen-bond acceptors (Lipinski definition) is 5. The topological polar surface area (TPSA) is 72.2 Å². The number of rotatable bonds is 8. The van der Waals surface area contributed by atoms with Crippen LogP contribution in [0.5, 0.6) is 0 Å². The average molecular weight is 302 g/mol. The molecule has 0 aromatic carbocycles. The molecule has 5 nitrogen and oxygen atoms in total. The Hall–Kier alpha value is -0.950. The summed E-state index contributed by atoms with van der Waals surface area (Å²) < 4.78 is 1.88. The lowest BCUT2D eigenvalue weighted by molar-refractivity contribution is -0.133. The highest BCUT2D eigenvalue weighted by molar-refractivity contribution is 7.99. The average Bonchev–Trinajstić information content (AvgIpc) is 2.36. The van der Waals surface area contributed by atoms with Crippen molar-refractivity contribution < 1.29 is 9.90 Å². The molecule has 1 atom stereocenters. The summed E-state index contributed by atoms with van der Waals surface area (Å²) in [7, 11) is 0. The van der Waals surface area contributed by atoms with E-state index in [1.807, 2.05) is 23.3 Å². The van der Waals surface area contributed by atoms with Crippen LogP contribution in [0.2, 0.25) is 0 Å². The van der Waals surface area contributed by atoms with Gasteiger partial charge < -0.3 is 9.67 Å². The fraction of sp³-hybridized carbons (Fsp3) is 0.583. The van der Waals surface area contributed by atoms with E-state index >= 15 is 0 Å². The Morgan fingerprint density at radius 1 is 1.58 bits per heavy atom. The van der Waals surface area contributed by atoms with E-state index in [4.69, 9.17) is 5.11 Å². The first-order valence-electron chi connectivity index (χ1n) is 6.06. The predicted octanol–water partition coefficient (Wildman–Crippen LogP) is 2.12. The van der Waals surface area contributed by atoms with Crippen molar-refractivity contribution in [1.29, 1.82) is 0 Å². The summed E-state index contributed by atoms with van der Waals surface area (Å²) in [6.45, 7) is 4.16. The monoisotopic (exact) mass is 302 g/mol. The number of aliphatic carboxylic acids is 1. The molecule has 106 valence electrons. The normalized spacial score (nSPS) is 12.3. The van der Waals surface area contributed by atoms with Gasteiger partial charge in [-0.3, -0.25) is 9.59 Å². The Bertz CT molecular complexity index is 476. The van der Waals surface area contributed by atoms with Gasteiger partial charge in [0.1, 0.15) is 0 Å². The SMILES string of the molecule is CCSCCC(C)n1ccc(=O)nc1SCC(=O)O. The van der Waals surface area contributed by atoms with E-state index in [0.29, 0.717) is 5.16 Å². The molecule has 0 aliphatic rings. The quantitative estimate of drug-likeness (QED) is 0.450.